The van der Waals surface area contributed by atoms with E-state index in [4.69, 9.17) is 9.47 Å². The van der Waals surface area contributed by atoms with E-state index < -0.39 is 0 Å². The molecule has 0 saturated heterocycles. The summed E-state index contributed by atoms with van der Waals surface area (Å²) in [6, 6.07) is 11.5. The summed E-state index contributed by atoms with van der Waals surface area (Å²) in [5.74, 6) is 1.20. The third-order valence-electron chi connectivity index (χ3n) is 4.69. The van der Waals surface area contributed by atoms with Crippen molar-refractivity contribution in [3.63, 3.8) is 0 Å². The molecule has 1 aliphatic rings. The number of anilines is 1. The van der Waals surface area contributed by atoms with E-state index in [1.54, 1.807) is 43.3 Å². The van der Waals surface area contributed by atoms with Gasteiger partial charge in [0.05, 0.1) is 19.9 Å². The van der Waals surface area contributed by atoms with Crippen molar-refractivity contribution in [2.24, 2.45) is 0 Å². The number of carbonyl (C=O) groups excluding carboxylic acids is 1. The average molecular weight is 367 g/mol. The van der Waals surface area contributed by atoms with Crippen LogP contribution in [0.1, 0.15) is 23.6 Å². The Bertz CT molecular complexity index is 998. The number of amides is 1. The molecule has 1 unspecified atom stereocenters. The Labute approximate surface area is 155 Å². The van der Waals surface area contributed by atoms with E-state index in [9.17, 15) is 9.18 Å². The number of rotatable bonds is 4. The fourth-order valence-electron chi connectivity index (χ4n) is 3.37. The molecule has 7 heteroatoms. The minimum Gasteiger partial charge on any atom is -0.497 e. The van der Waals surface area contributed by atoms with Crippen LogP contribution in [-0.2, 0) is 4.79 Å². The van der Waals surface area contributed by atoms with Gasteiger partial charge < -0.3 is 14.8 Å². The van der Waals surface area contributed by atoms with Gasteiger partial charge in [-0.1, -0.05) is 6.07 Å². The normalized spacial score (nSPS) is 15.8. The molecular formula is C20H18FN3O3. The van der Waals surface area contributed by atoms with Crippen LogP contribution >= 0.6 is 0 Å². The van der Waals surface area contributed by atoms with Crippen LogP contribution in [0, 0.1) is 5.82 Å². The molecule has 4 rings (SSSR count). The molecule has 0 aliphatic carbocycles. The largest absolute Gasteiger partial charge is 0.497 e. The van der Waals surface area contributed by atoms with Crippen LogP contribution in [0.5, 0.6) is 11.5 Å². The van der Waals surface area contributed by atoms with Gasteiger partial charge in [-0.15, -0.1) is 0 Å². The number of methoxy groups -OCH3 is 2. The lowest BCUT2D eigenvalue weighted by Crippen LogP contribution is -2.25. The molecule has 1 N–H and O–H groups in total. The zero-order valence-electron chi connectivity index (χ0n) is 14.9. The van der Waals surface area contributed by atoms with Crippen LogP contribution in [0.4, 0.5) is 10.2 Å². The van der Waals surface area contributed by atoms with Crippen LogP contribution in [0.2, 0.25) is 0 Å². The van der Waals surface area contributed by atoms with Gasteiger partial charge in [-0.2, -0.15) is 0 Å². The van der Waals surface area contributed by atoms with Gasteiger partial charge in [-0.3, -0.25) is 9.36 Å². The fraction of sp³-hybridized carbons (Fsp3) is 0.200. The molecule has 1 atom stereocenters. The summed E-state index contributed by atoms with van der Waals surface area (Å²) in [4.78, 5) is 16.9. The predicted octanol–water partition coefficient (Wildman–Crippen LogP) is 3.50. The SMILES string of the molecule is COc1ccc(C2CC(=O)Nc3c2ncn3-c2ccc(F)cc2)c(OC)c1. The van der Waals surface area contributed by atoms with E-state index in [2.05, 4.69) is 10.3 Å². The first-order valence-corrected chi connectivity index (χ1v) is 8.45. The predicted molar refractivity (Wildman–Crippen MR) is 98.2 cm³/mol. The number of imidazole rings is 1. The molecule has 0 bridgehead atoms. The first kappa shape index (κ1) is 17.1. The minimum absolute atomic E-state index is 0.116. The molecule has 27 heavy (non-hydrogen) atoms. The first-order chi connectivity index (χ1) is 13.1. The third-order valence-corrected chi connectivity index (χ3v) is 4.69. The lowest BCUT2D eigenvalue weighted by molar-refractivity contribution is -0.116. The van der Waals surface area contributed by atoms with Gasteiger partial charge in [0.15, 0.2) is 0 Å². The minimum atomic E-state index is -0.322. The number of carbonyl (C=O) groups is 1. The summed E-state index contributed by atoms with van der Waals surface area (Å²) in [7, 11) is 3.17. The number of hydrogen-bond donors (Lipinski definition) is 1. The van der Waals surface area contributed by atoms with Gasteiger partial charge in [-0.05, 0) is 30.3 Å². The Hall–Kier alpha value is -3.35. The molecule has 0 spiro atoms. The smallest absolute Gasteiger partial charge is 0.226 e. The number of ether oxygens (including phenoxy) is 2. The summed E-state index contributed by atoms with van der Waals surface area (Å²) in [5, 5.41) is 2.88. The number of nitrogens with zero attached hydrogens (tertiary/aromatic N) is 2. The van der Waals surface area contributed by atoms with Gasteiger partial charge >= 0.3 is 0 Å². The molecule has 3 aromatic rings. The van der Waals surface area contributed by atoms with Crippen LogP contribution in [0.25, 0.3) is 5.69 Å². The highest BCUT2D eigenvalue weighted by atomic mass is 19.1. The molecule has 1 aromatic heterocycles. The van der Waals surface area contributed by atoms with E-state index in [-0.39, 0.29) is 24.1 Å². The van der Waals surface area contributed by atoms with Gasteiger partial charge in [0.2, 0.25) is 5.91 Å². The maximum Gasteiger partial charge on any atom is 0.226 e. The number of nitrogens with one attached hydrogen (secondary N) is 1. The summed E-state index contributed by atoms with van der Waals surface area (Å²) in [6.45, 7) is 0. The second-order valence-corrected chi connectivity index (χ2v) is 6.24. The Morgan fingerprint density at radius 1 is 1.15 bits per heavy atom. The number of halogens is 1. The van der Waals surface area contributed by atoms with E-state index in [0.717, 1.165) is 11.3 Å². The first-order valence-electron chi connectivity index (χ1n) is 8.45. The lowest BCUT2D eigenvalue weighted by atomic mass is 9.89. The highest BCUT2D eigenvalue weighted by Crippen LogP contribution is 2.41. The molecule has 2 heterocycles. The van der Waals surface area contributed by atoms with Crippen molar-refractivity contribution < 1.29 is 18.7 Å². The quantitative estimate of drug-likeness (QED) is 0.766. The lowest BCUT2D eigenvalue weighted by Gasteiger charge is -2.25. The number of hydrogen-bond acceptors (Lipinski definition) is 4. The van der Waals surface area contributed by atoms with Crippen molar-refractivity contribution in [1.29, 1.82) is 0 Å². The second-order valence-electron chi connectivity index (χ2n) is 6.24. The van der Waals surface area contributed by atoms with E-state index in [1.165, 1.54) is 12.1 Å². The number of fused-ring (bicyclic) bond motifs is 1. The molecule has 1 aliphatic heterocycles. The number of aromatic nitrogens is 2. The number of benzene rings is 2. The Morgan fingerprint density at radius 3 is 2.63 bits per heavy atom. The topological polar surface area (TPSA) is 65.4 Å². The van der Waals surface area contributed by atoms with E-state index in [1.807, 2.05) is 12.1 Å². The van der Waals surface area contributed by atoms with Crippen molar-refractivity contribution in [1.82, 2.24) is 9.55 Å². The summed E-state index contributed by atoms with van der Waals surface area (Å²) in [5.41, 5.74) is 2.31. The fourth-order valence-corrected chi connectivity index (χ4v) is 3.37. The Balaban J connectivity index is 1.81. The molecule has 6 nitrogen and oxygen atoms in total. The van der Waals surface area contributed by atoms with E-state index in [0.29, 0.717) is 23.0 Å². The molecule has 1 amide bonds. The molecule has 0 radical (unpaired) electrons. The van der Waals surface area contributed by atoms with E-state index >= 15 is 0 Å². The molecule has 2 aromatic carbocycles. The summed E-state index contributed by atoms with van der Waals surface area (Å²) in [6.07, 6.45) is 1.89. The van der Waals surface area contributed by atoms with Crippen LogP contribution in [0.3, 0.4) is 0 Å². The molecule has 138 valence electrons. The van der Waals surface area contributed by atoms with Crippen LogP contribution < -0.4 is 14.8 Å². The van der Waals surface area contributed by atoms with Gasteiger partial charge in [0.1, 0.15) is 29.5 Å². The standard InChI is InChI=1S/C20H18FN3O3/c1-26-14-7-8-15(17(9-14)27-2)16-10-18(25)23-20-19(16)22-11-24(20)13-5-3-12(21)4-6-13/h3-9,11,16H,10H2,1-2H3,(H,23,25). The monoisotopic (exact) mass is 367 g/mol. The molecule has 0 fully saturated rings. The van der Waals surface area contributed by atoms with Crippen LogP contribution in [-0.4, -0.2) is 29.7 Å². The second kappa shape index (κ2) is 6.75. The summed E-state index contributed by atoms with van der Waals surface area (Å²) >= 11 is 0. The van der Waals surface area contributed by atoms with Crippen molar-refractivity contribution in [2.75, 3.05) is 19.5 Å². The van der Waals surface area contributed by atoms with Crippen molar-refractivity contribution in [2.45, 2.75) is 12.3 Å². The molecule has 0 saturated carbocycles. The van der Waals surface area contributed by atoms with Crippen LogP contribution in [0.15, 0.2) is 48.8 Å². The summed E-state index contributed by atoms with van der Waals surface area (Å²) < 4.78 is 25.7. The highest BCUT2D eigenvalue weighted by molar-refractivity contribution is 5.94. The van der Waals surface area contributed by atoms with Gasteiger partial charge in [-0.25, -0.2) is 9.37 Å². The van der Waals surface area contributed by atoms with Gasteiger partial charge in [0.25, 0.3) is 0 Å². The average Bonchev–Trinajstić information content (AvgIpc) is 3.11. The van der Waals surface area contributed by atoms with Crippen molar-refractivity contribution in [3.8, 4) is 17.2 Å². The Kier molecular flexibility index (Phi) is 4.27. The zero-order valence-corrected chi connectivity index (χ0v) is 14.9. The molecular weight excluding hydrogens is 349 g/mol. The third kappa shape index (κ3) is 3.01. The highest BCUT2D eigenvalue weighted by Gasteiger charge is 2.32. The Morgan fingerprint density at radius 2 is 1.93 bits per heavy atom. The van der Waals surface area contributed by atoms with Crippen molar-refractivity contribution in [3.05, 3.63) is 65.9 Å². The van der Waals surface area contributed by atoms with Crippen molar-refractivity contribution >= 4 is 11.7 Å². The zero-order chi connectivity index (χ0) is 19.0. The maximum absolute atomic E-state index is 13.2. The van der Waals surface area contributed by atoms with Gasteiger partial charge in [0, 0.05) is 29.7 Å². The maximum atomic E-state index is 13.2.